The van der Waals surface area contributed by atoms with Crippen LogP contribution in [-0.2, 0) is 14.3 Å². The average Bonchev–Trinajstić information content (AvgIpc) is 3.34. The summed E-state index contributed by atoms with van der Waals surface area (Å²) < 4.78 is 46.2. The van der Waals surface area contributed by atoms with Gasteiger partial charge in [-0.05, 0) is 37.9 Å². The summed E-state index contributed by atoms with van der Waals surface area (Å²) in [6.07, 6.45) is -1.12. The molecule has 3 atom stereocenters. The number of hydrazine groups is 1. The van der Waals surface area contributed by atoms with E-state index in [1.807, 2.05) is 6.07 Å². The number of hydrogen-bond donors (Lipinski definition) is 2. The normalized spacial score (nSPS) is 25.5. The summed E-state index contributed by atoms with van der Waals surface area (Å²) in [5, 5.41) is 8.89. The zero-order valence-corrected chi connectivity index (χ0v) is 19.8. The molecule has 3 fully saturated rings. The molecule has 36 heavy (non-hydrogen) atoms. The van der Waals surface area contributed by atoms with Crippen LogP contribution >= 0.6 is 0 Å². The van der Waals surface area contributed by atoms with Crippen molar-refractivity contribution >= 4 is 17.6 Å². The summed E-state index contributed by atoms with van der Waals surface area (Å²) in [6.45, 7) is 2.97. The first-order valence-electron chi connectivity index (χ1n) is 12.1. The quantitative estimate of drug-likeness (QED) is 0.516. The fourth-order valence-electron chi connectivity index (χ4n) is 5.19. The highest BCUT2D eigenvalue weighted by atomic mass is 19.4. The number of nitrogens with one attached hydrogen (secondary N) is 2. The lowest BCUT2D eigenvalue weighted by molar-refractivity contribution is -0.201. The summed E-state index contributed by atoms with van der Waals surface area (Å²) >= 11 is 0. The molecule has 2 amide bonds. The van der Waals surface area contributed by atoms with Crippen LogP contribution in [0.5, 0.6) is 0 Å². The van der Waals surface area contributed by atoms with Crippen LogP contribution in [0.25, 0.3) is 0 Å². The third-order valence-corrected chi connectivity index (χ3v) is 7.05. The van der Waals surface area contributed by atoms with Crippen LogP contribution in [-0.4, -0.2) is 97.3 Å². The van der Waals surface area contributed by atoms with Crippen molar-refractivity contribution in [1.82, 2.24) is 25.6 Å². The van der Waals surface area contributed by atoms with Crippen molar-refractivity contribution in [3.8, 4) is 6.07 Å². The second-order valence-corrected chi connectivity index (χ2v) is 9.22. The molecule has 2 N–H and O–H groups in total. The molecule has 0 bridgehead atoms. The molecule has 0 aromatic carbocycles. The molecule has 1 aromatic heterocycles. The van der Waals surface area contributed by atoms with Gasteiger partial charge in [-0.25, -0.2) is 10.4 Å². The number of pyridine rings is 1. The Balaban J connectivity index is 1.20. The highest BCUT2D eigenvalue weighted by Gasteiger charge is 2.54. The predicted octanol–water partition coefficient (Wildman–Crippen LogP) is 0.654. The molecule has 3 aliphatic rings. The van der Waals surface area contributed by atoms with Crippen molar-refractivity contribution in [2.75, 3.05) is 57.4 Å². The number of rotatable bonds is 7. The van der Waals surface area contributed by atoms with Crippen molar-refractivity contribution in [3.05, 3.63) is 23.9 Å². The molecule has 1 aromatic rings. The van der Waals surface area contributed by atoms with Crippen LogP contribution < -0.4 is 15.8 Å². The Morgan fingerprint density at radius 1 is 1.22 bits per heavy atom. The lowest BCUT2D eigenvalue weighted by Crippen LogP contribution is -2.65. The maximum atomic E-state index is 13.5. The number of anilines is 1. The molecule has 10 nitrogen and oxygen atoms in total. The highest BCUT2D eigenvalue weighted by molar-refractivity contribution is 5.80. The zero-order valence-electron chi connectivity index (χ0n) is 19.8. The van der Waals surface area contributed by atoms with E-state index in [0.29, 0.717) is 44.7 Å². The second kappa shape index (κ2) is 11.4. The fourth-order valence-corrected chi connectivity index (χ4v) is 5.19. The van der Waals surface area contributed by atoms with Gasteiger partial charge in [-0.2, -0.15) is 18.4 Å². The van der Waals surface area contributed by atoms with Gasteiger partial charge in [-0.1, -0.05) is 0 Å². The van der Waals surface area contributed by atoms with Crippen molar-refractivity contribution in [1.29, 1.82) is 5.26 Å². The zero-order chi connectivity index (χ0) is 25.7. The molecule has 13 heteroatoms. The minimum Gasteiger partial charge on any atom is -0.372 e. The number of likely N-dealkylation sites (tertiary alicyclic amines) is 1. The number of nitriles is 1. The number of alkyl halides is 3. The van der Waals surface area contributed by atoms with Crippen molar-refractivity contribution in [2.24, 2.45) is 5.92 Å². The second-order valence-electron chi connectivity index (χ2n) is 9.22. The number of aromatic nitrogens is 1. The smallest absolute Gasteiger partial charge is 0.372 e. The van der Waals surface area contributed by atoms with E-state index in [2.05, 4.69) is 20.7 Å². The largest absolute Gasteiger partial charge is 0.402 e. The Bertz CT molecular complexity index is 961. The van der Waals surface area contributed by atoms with Crippen molar-refractivity contribution < 1.29 is 27.5 Å². The monoisotopic (exact) mass is 509 g/mol. The molecule has 0 aliphatic carbocycles. The fraction of sp³-hybridized carbons (Fsp3) is 0.652. The van der Waals surface area contributed by atoms with Gasteiger partial charge in [0.15, 0.2) is 5.92 Å². The summed E-state index contributed by atoms with van der Waals surface area (Å²) in [5.74, 6) is -2.49. The molecule has 3 saturated heterocycles. The maximum absolute atomic E-state index is 13.5. The van der Waals surface area contributed by atoms with Gasteiger partial charge in [0.2, 0.25) is 11.8 Å². The summed E-state index contributed by atoms with van der Waals surface area (Å²) in [4.78, 5) is 34.3. The first-order valence-corrected chi connectivity index (χ1v) is 12.1. The van der Waals surface area contributed by atoms with Gasteiger partial charge >= 0.3 is 6.18 Å². The summed E-state index contributed by atoms with van der Waals surface area (Å²) in [7, 11) is 0. The number of carbonyl (C=O) groups excluding carboxylic acids is 2. The third-order valence-electron chi connectivity index (χ3n) is 7.05. The molecule has 196 valence electrons. The molecule has 3 aliphatic heterocycles. The van der Waals surface area contributed by atoms with Gasteiger partial charge < -0.3 is 14.5 Å². The van der Waals surface area contributed by atoms with Crippen molar-refractivity contribution in [3.63, 3.8) is 0 Å². The molecule has 4 rings (SSSR count). The first-order chi connectivity index (χ1) is 17.3. The Morgan fingerprint density at radius 3 is 2.67 bits per heavy atom. The SMILES string of the molecule is N#Cc1ccc(N2CCN(C(=O)COCC[C@@H]3CCCN3C3CNNC(=O)C3C(F)(F)F)CC2)nc1. The van der Waals surface area contributed by atoms with Crippen LogP contribution in [0.4, 0.5) is 19.0 Å². The van der Waals surface area contributed by atoms with Crippen LogP contribution in [0.3, 0.4) is 0 Å². The number of ether oxygens (including phenoxy) is 1. The number of nitrogens with zero attached hydrogens (tertiary/aromatic N) is 5. The van der Waals surface area contributed by atoms with Gasteiger partial charge in [-0.3, -0.25) is 19.9 Å². The molecule has 4 heterocycles. The topological polar surface area (TPSA) is 114 Å². The van der Waals surface area contributed by atoms with Gasteiger partial charge in [0.1, 0.15) is 18.5 Å². The minimum absolute atomic E-state index is 0.0235. The van der Waals surface area contributed by atoms with E-state index in [0.717, 1.165) is 18.7 Å². The third kappa shape index (κ3) is 6.05. The average molecular weight is 510 g/mol. The van der Waals surface area contributed by atoms with E-state index < -0.39 is 24.0 Å². The number of halogens is 3. The van der Waals surface area contributed by atoms with Crippen LogP contribution in [0.2, 0.25) is 0 Å². The Labute approximate surface area is 207 Å². The lowest BCUT2D eigenvalue weighted by Gasteiger charge is -2.41. The van der Waals surface area contributed by atoms with E-state index in [-0.39, 0.29) is 31.7 Å². The lowest BCUT2D eigenvalue weighted by atomic mass is 9.94. The Kier molecular flexibility index (Phi) is 8.28. The molecule has 0 spiro atoms. The van der Waals surface area contributed by atoms with Crippen LogP contribution in [0, 0.1) is 17.2 Å². The van der Waals surface area contributed by atoms with E-state index >= 15 is 0 Å². The van der Waals surface area contributed by atoms with Crippen LogP contribution in [0.1, 0.15) is 24.8 Å². The molecule has 0 saturated carbocycles. The van der Waals surface area contributed by atoms with E-state index in [9.17, 15) is 22.8 Å². The van der Waals surface area contributed by atoms with E-state index in [1.54, 1.807) is 21.9 Å². The Hall–Kier alpha value is -2.95. The predicted molar refractivity (Wildman–Crippen MR) is 122 cm³/mol. The van der Waals surface area contributed by atoms with Gasteiger partial charge in [0, 0.05) is 57.6 Å². The summed E-state index contributed by atoms with van der Waals surface area (Å²) in [6, 6.07) is 4.44. The molecular formula is C23H30F3N7O3. The molecule has 2 unspecified atom stereocenters. The Morgan fingerprint density at radius 2 is 2.00 bits per heavy atom. The standard InChI is InChI=1S/C23H30F3N7O3/c24-23(25,26)21-18(14-29-30-22(21)35)33-6-1-2-17(33)5-11-36-15-20(34)32-9-7-31(8-10-32)19-4-3-16(12-27)13-28-19/h3-4,13,17-18,21,29H,1-2,5-11,14-15H2,(H,30,35)/t17-,18?,21?/m0/s1. The van der Waals surface area contributed by atoms with E-state index in [4.69, 9.17) is 10.00 Å². The minimum atomic E-state index is -4.62. The van der Waals surface area contributed by atoms with Crippen LogP contribution in [0.15, 0.2) is 18.3 Å². The van der Waals surface area contributed by atoms with Gasteiger partial charge in [-0.15, -0.1) is 0 Å². The number of carbonyl (C=O) groups is 2. The molecule has 0 radical (unpaired) electrons. The summed E-state index contributed by atoms with van der Waals surface area (Å²) in [5.41, 5.74) is 5.17. The highest BCUT2D eigenvalue weighted by Crippen LogP contribution is 2.35. The number of piperazine rings is 1. The number of hydrogen-bond acceptors (Lipinski definition) is 8. The number of amides is 2. The van der Waals surface area contributed by atoms with Gasteiger partial charge in [0.05, 0.1) is 5.56 Å². The van der Waals surface area contributed by atoms with Gasteiger partial charge in [0.25, 0.3) is 0 Å². The molecular weight excluding hydrogens is 479 g/mol. The first kappa shape index (κ1) is 26.1. The maximum Gasteiger partial charge on any atom is 0.402 e. The van der Waals surface area contributed by atoms with E-state index in [1.165, 1.54) is 6.20 Å². The van der Waals surface area contributed by atoms with Crippen molar-refractivity contribution in [2.45, 2.75) is 37.5 Å².